The van der Waals surface area contributed by atoms with Gasteiger partial charge in [-0.3, -0.25) is 18.3 Å². The minimum absolute atomic E-state index is 0.245. The third-order valence-corrected chi connectivity index (χ3v) is 5.78. The molecule has 0 saturated heterocycles. The largest absolute Gasteiger partial charge is 0.332 e. The van der Waals surface area contributed by atoms with Crippen molar-refractivity contribution in [3.63, 3.8) is 0 Å². The van der Waals surface area contributed by atoms with Crippen molar-refractivity contribution < 1.29 is 0 Å². The highest BCUT2D eigenvalue weighted by atomic mass is 16.2. The van der Waals surface area contributed by atoms with Gasteiger partial charge >= 0.3 is 5.69 Å². The van der Waals surface area contributed by atoms with Crippen molar-refractivity contribution in [3.8, 4) is 0 Å². The average molecular weight is 379 g/mol. The van der Waals surface area contributed by atoms with Crippen molar-refractivity contribution >= 4 is 16.9 Å². The molecule has 0 N–H and O–H groups in total. The second-order valence-electron chi connectivity index (χ2n) is 7.50. The van der Waals surface area contributed by atoms with Gasteiger partial charge in [0.15, 0.2) is 11.2 Å². The summed E-state index contributed by atoms with van der Waals surface area (Å²) in [6.07, 6.45) is 0. The first-order chi connectivity index (χ1) is 13.3. The number of imidazole rings is 2. The van der Waals surface area contributed by atoms with E-state index in [0.29, 0.717) is 16.9 Å². The van der Waals surface area contributed by atoms with Gasteiger partial charge in [0, 0.05) is 25.0 Å². The summed E-state index contributed by atoms with van der Waals surface area (Å²) in [6, 6.07) is 6.08. The van der Waals surface area contributed by atoms with E-state index in [1.807, 2.05) is 57.2 Å². The Bertz CT molecular complexity index is 1360. The Morgan fingerprint density at radius 1 is 1.00 bits per heavy atom. The van der Waals surface area contributed by atoms with Gasteiger partial charge in [-0.25, -0.2) is 4.79 Å². The Balaban J connectivity index is 2.09. The van der Waals surface area contributed by atoms with Crippen LogP contribution in [-0.4, -0.2) is 23.1 Å². The molecule has 0 aliphatic carbocycles. The van der Waals surface area contributed by atoms with Crippen molar-refractivity contribution in [1.29, 1.82) is 0 Å². The molecule has 0 spiro atoms. The zero-order valence-electron chi connectivity index (χ0n) is 17.2. The second-order valence-corrected chi connectivity index (χ2v) is 7.50. The Morgan fingerprint density at radius 3 is 2.39 bits per heavy atom. The molecule has 0 atom stereocenters. The predicted molar refractivity (Wildman–Crippen MR) is 110 cm³/mol. The molecule has 146 valence electrons. The molecule has 7 heteroatoms. The Morgan fingerprint density at radius 2 is 1.71 bits per heavy atom. The van der Waals surface area contributed by atoms with Crippen molar-refractivity contribution in [2.75, 3.05) is 0 Å². The fraction of sp³-hybridized carbons (Fsp3) is 0.381. The quantitative estimate of drug-likeness (QED) is 0.549. The van der Waals surface area contributed by atoms with Crippen molar-refractivity contribution in [3.05, 3.63) is 67.1 Å². The number of aromatic nitrogens is 5. The standard InChI is InChI=1S/C21H25N5O2/c1-7-24-14(4)15(5)26-17-18(22-20(24)26)23(6)21(28)25(19(17)27)11-16-10-12(2)8-9-13(16)3/h8-10H,7,11H2,1-6H3. The summed E-state index contributed by atoms with van der Waals surface area (Å²) in [6.45, 7) is 11.0. The molecular weight excluding hydrogens is 354 g/mol. The van der Waals surface area contributed by atoms with Crippen LogP contribution < -0.4 is 11.2 Å². The number of hydrogen-bond acceptors (Lipinski definition) is 3. The second kappa shape index (κ2) is 6.22. The first-order valence-electron chi connectivity index (χ1n) is 9.50. The van der Waals surface area contributed by atoms with Gasteiger partial charge in [-0.15, -0.1) is 0 Å². The molecule has 4 aromatic rings. The molecule has 0 fully saturated rings. The molecule has 28 heavy (non-hydrogen) atoms. The van der Waals surface area contributed by atoms with Gasteiger partial charge in [-0.1, -0.05) is 23.8 Å². The summed E-state index contributed by atoms with van der Waals surface area (Å²) in [4.78, 5) is 31.0. The van der Waals surface area contributed by atoms with Crippen LogP contribution in [0, 0.1) is 27.7 Å². The molecule has 4 rings (SSSR count). The lowest BCUT2D eigenvalue weighted by molar-refractivity contribution is 0.654. The van der Waals surface area contributed by atoms with Crippen LogP contribution >= 0.6 is 0 Å². The van der Waals surface area contributed by atoms with Crippen LogP contribution in [0.15, 0.2) is 27.8 Å². The van der Waals surface area contributed by atoms with Crippen molar-refractivity contribution in [2.24, 2.45) is 7.05 Å². The van der Waals surface area contributed by atoms with E-state index < -0.39 is 0 Å². The van der Waals surface area contributed by atoms with E-state index in [1.165, 1.54) is 9.13 Å². The van der Waals surface area contributed by atoms with E-state index in [0.717, 1.165) is 34.6 Å². The predicted octanol–water partition coefficient (Wildman–Crippen LogP) is 2.45. The van der Waals surface area contributed by atoms with Gasteiger partial charge in [0.05, 0.1) is 6.54 Å². The number of rotatable bonds is 3. The van der Waals surface area contributed by atoms with Crippen LogP contribution in [0.5, 0.6) is 0 Å². The SMILES string of the molecule is CCn1c(C)c(C)n2c3c(=O)n(Cc4cc(C)ccc4C)c(=O)n(C)c3nc12. The van der Waals surface area contributed by atoms with Crippen LogP contribution in [-0.2, 0) is 20.1 Å². The molecule has 0 saturated carbocycles. The molecule has 7 nitrogen and oxygen atoms in total. The average Bonchev–Trinajstić information content (AvgIpc) is 3.16. The first-order valence-corrected chi connectivity index (χ1v) is 9.50. The lowest BCUT2D eigenvalue weighted by Crippen LogP contribution is -2.39. The van der Waals surface area contributed by atoms with Crippen LogP contribution in [0.4, 0.5) is 0 Å². The Kier molecular flexibility index (Phi) is 4.06. The lowest BCUT2D eigenvalue weighted by atomic mass is 10.1. The summed E-state index contributed by atoms with van der Waals surface area (Å²) in [5.41, 5.74) is 5.39. The molecular formula is C21H25N5O2. The number of fused-ring (bicyclic) bond motifs is 3. The van der Waals surface area contributed by atoms with E-state index in [9.17, 15) is 9.59 Å². The monoisotopic (exact) mass is 379 g/mol. The zero-order valence-corrected chi connectivity index (χ0v) is 17.2. The van der Waals surface area contributed by atoms with E-state index in [1.54, 1.807) is 7.05 Å². The highest BCUT2D eigenvalue weighted by molar-refractivity contribution is 5.76. The smallest absolute Gasteiger partial charge is 0.314 e. The molecule has 3 aromatic heterocycles. The van der Waals surface area contributed by atoms with E-state index in [4.69, 9.17) is 0 Å². The van der Waals surface area contributed by atoms with Gasteiger partial charge in [-0.2, -0.15) is 4.98 Å². The van der Waals surface area contributed by atoms with Crippen molar-refractivity contribution in [2.45, 2.75) is 47.7 Å². The minimum Gasteiger partial charge on any atom is -0.314 e. The van der Waals surface area contributed by atoms with Gasteiger partial charge in [-0.05, 0) is 45.7 Å². The summed E-state index contributed by atoms with van der Waals surface area (Å²) in [5, 5.41) is 0. The topological polar surface area (TPSA) is 66.2 Å². The highest BCUT2D eigenvalue weighted by Gasteiger charge is 2.22. The van der Waals surface area contributed by atoms with E-state index >= 15 is 0 Å². The molecule has 0 amide bonds. The fourth-order valence-corrected chi connectivity index (χ4v) is 3.97. The Hall–Kier alpha value is -3.09. The summed E-state index contributed by atoms with van der Waals surface area (Å²) in [7, 11) is 1.68. The molecule has 0 unspecified atom stereocenters. The third kappa shape index (κ3) is 2.38. The maximum Gasteiger partial charge on any atom is 0.332 e. The maximum absolute atomic E-state index is 13.4. The lowest BCUT2D eigenvalue weighted by Gasteiger charge is -2.11. The van der Waals surface area contributed by atoms with E-state index in [2.05, 4.69) is 9.55 Å². The van der Waals surface area contributed by atoms with Gasteiger partial charge in [0.2, 0.25) is 5.78 Å². The first kappa shape index (κ1) is 18.3. The molecule has 0 aliphatic heterocycles. The fourth-order valence-electron chi connectivity index (χ4n) is 3.97. The maximum atomic E-state index is 13.4. The zero-order chi connectivity index (χ0) is 20.3. The van der Waals surface area contributed by atoms with Crippen LogP contribution in [0.3, 0.4) is 0 Å². The van der Waals surface area contributed by atoms with Gasteiger partial charge in [0.25, 0.3) is 5.56 Å². The third-order valence-electron chi connectivity index (χ3n) is 5.78. The van der Waals surface area contributed by atoms with Crippen LogP contribution in [0.25, 0.3) is 16.9 Å². The van der Waals surface area contributed by atoms with Gasteiger partial charge < -0.3 is 4.57 Å². The molecule has 0 radical (unpaired) electrons. The molecule has 1 aromatic carbocycles. The van der Waals surface area contributed by atoms with E-state index in [-0.39, 0.29) is 17.8 Å². The molecule has 3 heterocycles. The van der Waals surface area contributed by atoms with Crippen LogP contribution in [0.1, 0.15) is 35.0 Å². The number of aryl methyl sites for hydroxylation is 5. The normalized spacial score (nSPS) is 11.8. The van der Waals surface area contributed by atoms with Gasteiger partial charge in [0.1, 0.15) is 0 Å². The number of nitrogens with zero attached hydrogens (tertiary/aromatic N) is 5. The number of benzene rings is 1. The molecule has 0 bridgehead atoms. The summed E-state index contributed by atoms with van der Waals surface area (Å²) < 4.78 is 6.74. The summed E-state index contributed by atoms with van der Waals surface area (Å²) in [5.74, 6) is 0.698. The summed E-state index contributed by atoms with van der Waals surface area (Å²) >= 11 is 0. The minimum atomic E-state index is -0.350. The highest BCUT2D eigenvalue weighted by Crippen LogP contribution is 2.20. The van der Waals surface area contributed by atoms with Crippen LogP contribution in [0.2, 0.25) is 0 Å². The number of hydrogen-bond donors (Lipinski definition) is 0. The molecule has 0 aliphatic rings. The Labute approximate surface area is 162 Å². The van der Waals surface area contributed by atoms with Crippen molar-refractivity contribution in [1.82, 2.24) is 23.1 Å².